The average Bonchev–Trinajstić information content (AvgIpc) is 3.12. The third kappa shape index (κ3) is 3.24. The molecule has 0 saturated carbocycles. The Hall–Kier alpha value is -1.88. The van der Waals surface area contributed by atoms with E-state index >= 15 is 0 Å². The number of aryl methyl sites for hydroxylation is 1. The number of nitrogens with zero attached hydrogens (tertiary/aromatic N) is 2. The fourth-order valence-corrected chi connectivity index (χ4v) is 2.92. The summed E-state index contributed by atoms with van der Waals surface area (Å²) in [6.07, 6.45) is 2.77. The summed E-state index contributed by atoms with van der Waals surface area (Å²) in [5.41, 5.74) is 2.07. The van der Waals surface area contributed by atoms with Crippen molar-refractivity contribution in [1.29, 1.82) is 0 Å². The predicted molar refractivity (Wildman–Crippen MR) is 82.8 cm³/mol. The van der Waals surface area contributed by atoms with E-state index in [0.29, 0.717) is 18.9 Å². The van der Waals surface area contributed by atoms with Crippen molar-refractivity contribution in [1.82, 2.24) is 20.2 Å². The second kappa shape index (κ2) is 6.26. The van der Waals surface area contributed by atoms with Crippen molar-refractivity contribution in [3.05, 3.63) is 30.1 Å². The smallest absolute Gasteiger partial charge is 0.220 e. The summed E-state index contributed by atoms with van der Waals surface area (Å²) in [5, 5.41) is 6.31. The zero-order valence-corrected chi connectivity index (χ0v) is 12.4. The Morgan fingerprint density at radius 1 is 1.48 bits per heavy atom. The van der Waals surface area contributed by atoms with Crippen LogP contribution in [0.2, 0.25) is 0 Å². The normalized spacial score (nSPS) is 18.2. The van der Waals surface area contributed by atoms with Gasteiger partial charge in [0.2, 0.25) is 5.91 Å². The van der Waals surface area contributed by atoms with Gasteiger partial charge in [-0.3, -0.25) is 4.79 Å². The molecule has 21 heavy (non-hydrogen) atoms. The molecule has 2 heterocycles. The first kappa shape index (κ1) is 14.1. The number of amides is 1. The molecular formula is C16H22N4O. The van der Waals surface area contributed by atoms with Crippen LogP contribution in [0.25, 0.3) is 11.0 Å². The van der Waals surface area contributed by atoms with Gasteiger partial charge in [-0.15, -0.1) is 0 Å². The minimum Gasteiger partial charge on any atom is -0.349 e. The first-order chi connectivity index (χ1) is 10.2. The van der Waals surface area contributed by atoms with Crippen LogP contribution in [0.5, 0.6) is 0 Å². The Labute approximate surface area is 124 Å². The van der Waals surface area contributed by atoms with Crippen molar-refractivity contribution in [3.8, 4) is 0 Å². The topological polar surface area (TPSA) is 59.0 Å². The molecule has 1 aromatic carbocycles. The Bertz CT molecular complexity index is 628. The highest BCUT2D eigenvalue weighted by atomic mass is 16.1. The van der Waals surface area contributed by atoms with Gasteiger partial charge in [0.1, 0.15) is 5.82 Å². The van der Waals surface area contributed by atoms with Crippen LogP contribution in [0.15, 0.2) is 24.3 Å². The van der Waals surface area contributed by atoms with Crippen LogP contribution in [-0.2, 0) is 18.4 Å². The van der Waals surface area contributed by atoms with E-state index < -0.39 is 0 Å². The van der Waals surface area contributed by atoms with Gasteiger partial charge in [0.05, 0.1) is 17.6 Å². The summed E-state index contributed by atoms with van der Waals surface area (Å²) < 4.78 is 2.04. The predicted octanol–water partition coefficient (Wildman–Crippen LogP) is 1.58. The molecule has 1 amide bonds. The van der Waals surface area contributed by atoms with Crippen LogP contribution in [0.3, 0.4) is 0 Å². The lowest BCUT2D eigenvalue weighted by Crippen LogP contribution is -2.25. The van der Waals surface area contributed by atoms with Crippen molar-refractivity contribution < 1.29 is 4.79 Å². The van der Waals surface area contributed by atoms with Crippen LogP contribution in [0.1, 0.15) is 25.1 Å². The summed E-state index contributed by atoms with van der Waals surface area (Å²) in [4.78, 5) is 16.5. The van der Waals surface area contributed by atoms with E-state index in [-0.39, 0.29) is 5.91 Å². The van der Waals surface area contributed by atoms with Gasteiger partial charge in [0.25, 0.3) is 0 Å². The van der Waals surface area contributed by atoms with Gasteiger partial charge in [-0.1, -0.05) is 12.1 Å². The summed E-state index contributed by atoms with van der Waals surface area (Å²) in [5.74, 6) is 1.67. The fourth-order valence-electron chi connectivity index (χ4n) is 2.92. The van der Waals surface area contributed by atoms with E-state index in [1.165, 1.54) is 6.42 Å². The summed E-state index contributed by atoms with van der Waals surface area (Å²) in [7, 11) is 1.99. The minimum absolute atomic E-state index is 0.119. The van der Waals surface area contributed by atoms with E-state index in [9.17, 15) is 4.79 Å². The maximum absolute atomic E-state index is 11.9. The standard InChI is InChI=1S/C16H22N4O/c1-20-14-5-3-2-4-13(14)19-15(20)11-18-16(21)7-6-12-8-9-17-10-12/h2-5,12,17H,6-11H2,1H3,(H,18,21). The number of hydrogen-bond acceptors (Lipinski definition) is 3. The molecule has 5 heteroatoms. The number of imidazole rings is 1. The summed E-state index contributed by atoms with van der Waals surface area (Å²) >= 11 is 0. The molecule has 1 aromatic heterocycles. The van der Waals surface area contributed by atoms with Gasteiger partial charge in [-0.2, -0.15) is 0 Å². The van der Waals surface area contributed by atoms with Crippen LogP contribution >= 0.6 is 0 Å². The average molecular weight is 286 g/mol. The lowest BCUT2D eigenvalue weighted by molar-refractivity contribution is -0.121. The molecule has 1 unspecified atom stereocenters. The first-order valence-corrected chi connectivity index (χ1v) is 7.62. The number of benzene rings is 1. The van der Waals surface area contributed by atoms with Crippen molar-refractivity contribution in [2.75, 3.05) is 13.1 Å². The molecule has 1 fully saturated rings. The third-order valence-electron chi connectivity index (χ3n) is 4.27. The van der Waals surface area contributed by atoms with Gasteiger partial charge in [-0.05, 0) is 44.0 Å². The minimum atomic E-state index is 0.119. The van der Waals surface area contributed by atoms with Gasteiger partial charge >= 0.3 is 0 Å². The van der Waals surface area contributed by atoms with Crippen molar-refractivity contribution >= 4 is 16.9 Å². The molecule has 0 aliphatic carbocycles. The van der Waals surface area contributed by atoms with Crippen molar-refractivity contribution in [2.24, 2.45) is 13.0 Å². The SMILES string of the molecule is Cn1c(CNC(=O)CCC2CCNC2)nc2ccccc21. The molecule has 1 atom stereocenters. The molecule has 3 rings (SSSR count). The molecule has 1 saturated heterocycles. The number of rotatable bonds is 5. The zero-order valence-electron chi connectivity index (χ0n) is 12.4. The molecule has 5 nitrogen and oxygen atoms in total. The van der Waals surface area contributed by atoms with E-state index in [0.717, 1.165) is 36.4 Å². The van der Waals surface area contributed by atoms with Crippen LogP contribution in [0, 0.1) is 5.92 Å². The number of para-hydroxylation sites is 2. The highest BCUT2D eigenvalue weighted by Gasteiger charge is 2.16. The number of carbonyl (C=O) groups is 1. The second-order valence-corrected chi connectivity index (χ2v) is 5.75. The van der Waals surface area contributed by atoms with Crippen molar-refractivity contribution in [3.63, 3.8) is 0 Å². The monoisotopic (exact) mass is 286 g/mol. The molecule has 0 spiro atoms. The quantitative estimate of drug-likeness (QED) is 0.877. The van der Waals surface area contributed by atoms with Crippen LogP contribution in [0.4, 0.5) is 0 Å². The summed E-state index contributed by atoms with van der Waals surface area (Å²) in [6, 6.07) is 8.02. The van der Waals surface area contributed by atoms with Gasteiger partial charge in [0, 0.05) is 13.5 Å². The third-order valence-corrected chi connectivity index (χ3v) is 4.27. The maximum Gasteiger partial charge on any atom is 0.220 e. The van der Waals surface area contributed by atoms with Gasteiger partial charge in [-0.25, -0.2) is 4.98 Å². The van der Waals surface area contributed by atoms with E-state index in [1.807, 2.05) is 35.9 Å². The lowest BCUT2D eigenvalue weighted by Gasteiger charge is -2.08. The lowest BCUT2D eigenvalue weighted by atomic mass is 10.0. The number of hydrogen-bond donors (Lipinski definition) is 2. The number of aromatic nitrogens is 2. The Balaban J connectivity index is 1.53. The van der Waals surface area contributed by atoms with Crippen LogP contribution in [-0.4, -0.2) is 28.5 Å². The molecule has 1 aliphatic heterocycles. The Kier molecular flexibility index (Phi) is 4.20. The Morgan fingerprint density at radius 3 is 3.10 bits per heavy atom. The van der Waals surface area contributed by atoms with Gasteiger partial charge in [0.15, 0.2) is 0 Å². The first-order valence-electron chi connectivity index (χ1n) is 7.62. The van der Waals surface area contributed by atoms with E-state index in [2.05, 4.69) is 15.6 Å². The zero-order chi connectivity index (χ0) is 14.7. The van der Waals surface area contributed by atoms with E-state index in [4.69, 9.17) is 0 Å². The maximum atomic E-state index is 11.9. The largest absolute Gasteiger partial charge is 0.349 e. The highest BCUT2D eigenvalue weighted by molar-refractivity contribution is 5.77. The Morgan fingerprint density at radius 2 is 2.33 bits per heavy atom. The molecule has 0 radical (unpaired) electrons. The fraction of sp³-hybridized carbons (Fsp3) is 0.500. The molecule has 0 bridgehead atoms. The molecule has 1 aliphatic rings. The molecule has 2 aromatic rings. The number of carbonyl (C=O) groups excluding carboxylic acids is 1. The van der Waals surface area contributed by atoms with Gasteiger partial charge < -0.3 is 15.2 Å². The molecule has 112 valence electrons. The second-order valence-electron chi connectivity index (χ2n) is 5.75. The molecule has 2 N–H and O–H groups in total. The molecular weight excluding hydrogens is 264 g/mol. The highest BCUT2D eigenvalue weighted by Crippen LogP contribution is 2.15. The number of fused-ring (bicyclic) bond motifs is 1. The summed E-state index contributed by atoms with van der Waals surface area (Å²) in [6.45, 7) is 2.64. The van der Waals surface area contributed by atoms with Crippen molar-refractivity contribution in [2.45, 2.75) is 25.8 Å². The van der Waals surface area contributed by atoms with E-state index in [1.54, 1.807) is 0 Å². The van der Waals surface area contributed by atoms with Crippen LogP contribution < -0.4 is 10.6 Å². The number of nitrogens with one attached hydrogen (secondary N) is 2.